The van der Waals surface area contributed by atoms with Crippen LogP contribution in [-0.4, -0.2) is 87.6 Å². The number of carbonyl (C=O) groups excluding carboxylic acids is 3. The van der Waals surface area contributed by atoms with Gasteiger partial charge in [0.1, 0.15) is 11.6 Å². The second kappa shape index (κ2) is 12.7. The standard InChI is InChI=1S/C32H45N3O5/c1-5-9-20-33(18-6-2)30(39)27-32-17-16-31(8-4,40-32)25(26(32)29(38)35(27)21-13-22-36)28(37)34(19-7-3)23-24-14-11-10-12-15-24/h6-7,10-12,14-15,25-27,36H,2-3,5,8-9,13,16-23H2,1,4H3/t25-,26+,27?,31+,32?/m1/s1. The predicted octanol–water partition coefficient (Wildman–Crippen LogP) is 3.55. The maximum Gasteiger partial charge on any atom is 0.248 e. The molecule has 4 rings (SSSR count). The number of aliphatic hydroxyl groups is 1. The number of likely N-dealkylation sites (tertiary alicyclic amines) is 1. The van der Waals surface area contributed by atoms with E-state index in [1.54, 1.807) is 26.9 Å². The summed E-state index contributed by atoms with van der Waals surface area (Å²) in [4.78, 5) is 48.1. The van der Waals surface area contributed by atoms with E-state index in [1.807, 2.05) is 37.3 Å². The summed E-state index contributed by atoms with van der Waals surface area (Å²) in [5.41, 5.74) is -0.881. The lowest BCUT2D eigenvalue weighted by atomic mass is 9.64. The summed E-state index contributed by atoms with van der Waals surface area (Å²) >= 11 is 0. The van der Waals surface area contributed by atoms with Crippen LogP contribution in [0.3, 0.4) is 0 Å². The van der Waals surface area contributed by atoms with Gasteiger partial charge in [-0.05, 0) is 37.7 Å². The Morgan fingerprint density at radius 2 is 1.77 bits per heavy atom. The molecule has 218 valence electrons. The molecular formula is C32H45N3O5. The molecule has 3 heterocycles. The third kappa shape index (κ3) is 5.12. The van der Waals surface area contributed by atoms with Crippen LogP contribution in [0.25, 0.3) is 0 Å². The maximum absolute atomic E-state index is 14.4. The van der Waals surface area contributed by atoms with Crippen molar-refractivity contribution in [2.45, 2.75) is 76.2 Å². The van der Waals surface area contributed by atoms with Gasteiger partial charge in [0.05, 0.1) is 17.4 Å². The summed E-state index contributed by atoms with van der Waals surface area (Å²) in [7, 11) is 0. The molecule has 2 bridgehead atoms. The van der Waals surface area contributed by atoms with Crippen LogP contribution in [0.5, 0.6) is 0 Å². The largest absolute Gasteiger partial charge is 0.396 e. The summed E-state index contributed by atoms with van der Waals surface area (Å²) in [6.07, 6.45) is 7.27. The first kappa shape index (κ1) is 30.0. The number of aliphatic hydroxyl groups excluding tert-OH is 1. The molecule has 0 aromatic heterocycles. The Kier molecular flexibility index (Phi) is 9.52. The Hall–Kier alpha value is -2.97. The van der Waals surface area contributed by atoms with Crippen molar-refractivity contribution >= 4 is 17.7 Å². The Morgan fingerprint density at radius 1 is 1.07 bits per heavy atom. The van der Waals surface area contributed by atoms with Crippen LogP contribution in [0.1, 0.15) is 57.9 Å². The number of fused-ring (bicyclic) bond motifs is 1. The lowest BCUT2D eigenvalue weighted by molar-refractivity contribution is -0.155. The molecule has 1 N–H and O–H groups in total. The Morgan fingerprint density at radius 3 is 2.40 bits per heavy atom. The van der Waals surface area contributed by atoms with Gasteiger partial charge in [-0.1, -0.05) is 62.8 Å². The summed E-state index contributed by atoms with van der Waals surface area (Å²) in [5, 5.41) is 9.62. The smallest absolute Gasteiger partial charge is 0.248 e. The minimum absolute atomic E-state index is 0.0964. The van der Waals surface area contributed by atoms with Crippen LogP contribution >= 0.6 is 0 Å². The van der Waals surface area contributed by atoms with Crippen molar-refractivity contribution in [2.24, 2.45) is 11.8 Å². The topological polar surface area (TPSA) is 90.4 Å². The highest BCUT2D eigenvalue weighted by Gasteiger charge is 2.79. The molecular weight excluding hydrogens is 506 g/mol. The quantitative estimate of drug-likeness (QED) is 0.337. The number of unbranched alkanes of at least 4 members (excludes halogenated alkanes) is 1. The third-order valence-corrected chi connectivity index (χ3v) is 9.06. The number of hydrogen-bond donors (Lipinski definition) is 1. The van der Waals surface area contributed by atoms with Crippen molar-refractivity contribution in [1.82, 2.24) is 14.7 Å². The molecule has 3 aliphatic heterocycles. The van der Waals surface area contributed by atoms with Gasteiger partial charge in [-0.15, -0.1) is 13.2 Å². The lowest BCUT2D eigenvalue weighted by Gasteiger charge is -2.37. The molecule has 0 saturated carbocycles. The molecule has 8 heteroatoms. The average Bonchev–Trinajstić information content (AvgIpc) is 3.57. The van der Waals surface area contributed by atoms with E-state index in [0.29, 0.717) is 51.9 Å². The molecule has 5 atom stereocenters. The van der Waals surface area contributed by atoms with Gasteiger partial charge >= 0.3 is 0 Å². The third-order valence-electron chi connectivity index (χ3n) is 9.06. The van der Waals surface area contributed by atoms with Crippen LogP contribution in [0.15, 0.2) is 55.6 Å². The van der Waals surface area contributed by atoms with Crippen molar-refractivity contribution < 1.29 is 24.2 Å². The molecule has 0 aliphatic carbocycles. The Balaban J connectivity index is 1.75. The second-order valence-corrected chi connectivity index (χ2v) is 11.4. The second-order valence-electron chi connectivity index (χ2n) is 11.4. The minimum Gasteiger partial charge on any atom is -0.396 e. The van der Waals surface area contributed by atoms with Crippen LogP contribution in [0.4, 0.5) is 0 Å². The molecule has 1 aromatic rings. The van der Waals surface area contributed by atoms with Crippen molar-refractivity contribution in [3.63, 3.8) is 0 Å². The van der Waals surface area contributed by atoms with Gasteiger partial charge in [-0.3, -0.25) is 14.4 Å². The molecule has 1 aromatic carbocycles. The zero-order valence-corrected chi connectivity index (χ0v) is 24.1. The lowest BCUT2D eigenvalue weighted by Crippen LogP contribution is -2.56. The van der Waals surface area contributed by atoms with Crippen molar-refractivity contribution in [2.75, 3.05) is 32.8 Å². The van der Waals surface area contributed by atoms with Crippen LogP contribution < -0.4 is 0 Å². The van der Waals surface area contributed by atoms with E-state index in [2.05, 4.69) is 20.1 Å². The van der Waals surface area contributed by atoms with E-state index in [0.717, 1.165) is 18.4 Å². The highest BCUT2D eigenvalue weighted by atomic mass is 16.5. The molecule has 8 nitrogen and oxygen atoms in total. The number of hydrogen-bond acceptors (Lipinski definition) is 5. The minimum atomic E-state index is -1.07. The maximum atomic E-state index is 14.4. The first-order chi connectivity index (χ1) is 19.3. The molecule has 40 heavy (non-hydrogen) atoms. The summed E-state index contributed by atoms with van der Waals surface area (Å²) in [5.74, 6) is -1.95. The average molecular weight is 552 g/mol. The van der Waals surface area contributed by atoms with E-state index in [-0.39, 0.29) is 30.9 Å². The van der Waals surface area contributed by atoms with Crippen molar-refractivity contribution in [3.05, 3.63) is 61.2 Å². The van der Waals surface area contributed by atoms with Crippen molar-refractivity contribution in [1.29, 1.82) is 0 Å². The first-order valence-corrected chi connectivity index (χ1v) is 14.8. The molecule has 3 fully saturated rings. The highest BCUT2D eigenvalue weighted by Crippen LogP contribution is 2.64. The normalized spacial score (nSPS) is 28.4. The van der Waals surface area contributed by atoms with Gasteiger partial charge in [0, 0.05) is 39.3 Å². The van der Waals surface area contributed by atoms with Gasteiger partial charge in [0.2, 0.25) is 17.7 Å². The SMILES string of the molecule is C=CCN(CCCC)C(=O)C1N(CCCO)C(=O)[C@@H]2[C@H](C(=O)N(CC=C)Cc3ccccc3)[C@]3(CC)CCC12O3. The van der Waals surface area contributed by atoms with E-state index in [9.17, 15) is 19.5 Å². The van der Waals surface area contributed by atoms with Crippen molar-refractivity contribution in [3.8, 4) is 0 Å². The number of nitrogens with zero attached hydrogens (tertiary/aromatic N) is 3. The fourth-order valence-corrected chi connectivity index (χ4v) is 7.21. The number of carbonyl (C=O) groups is 3. The first-order valence-electron chi connectivity index (χ1n) is 14.8. The Labute approximate surface area is 238 Å². The molecule has 2 unspecified atom stereocenters. The fourth-order valence-electron chi connectivity index (χ4n) is 7.21. The number of ether oxygens (including phenoxy) is 1. The zero-order valence-electron chi connectivity index (χ0n) is 24.1. The van der Waals surface area contributed by atoms with E-state index in [1.165, 1.54) is 0 Å². The number of rotatable bonds is 15. The number of amides is 3. The van der Waals surface area contributed by atoms with Crippen LogP contribution in [-0.2, 0) is 25.7 Å². The van der Waals surface area contributed by atoms with Gasteiger partial charge in [0.15, 0.2) is 0 Å². The van der Waals surface area contributed by atoms with Gasteiger partial charge in [-0.25, -0.2) is 0 Å². The summed E-state index contributed by atoms with van der Waals surface area (Å²) in [6.45, 7) is 13.6. The van der Waals surface area contributed by atoms with E-state index >= 15 is 0 Å². The zero-order chi connectivity index (χ0) is 28.9. The Bertz CT molecular complexity index is 1090. The van der Waals surface area contributed by atoms with Gasteiger partial charge in [-0.2, -0.15) is 0 Å². The molecule has 1 spiro atoms. The number of benzene rings is 1. The molecule has 3 aliphatic rings. The molecule has 3 amide bonds. The monoisotopic (exact) mass is 551 g/mol. The van der Waals surface area contributed by atoms with Gasteiger partial charge in [0.25, 0.3) is 0 Å². The fraction of sp³-hybridized carbons (Fsp3) is 0.594. The van der Waals surface area contributed by atoms with Gasteiger partial charge < -0.3 is 24.5 Å². The molecule has 3 saturated heterocycles. The molecule has 0 radical (unpaired) electrons. The van der Waals surface area contributed by atoms with E-state index < -0.39 is 29.1 Å². The highest BCUT2D eigenvalue weighted by molar-refractivity contribution is 5.99. The predicted molar refractivity (Wildman–Crippen MR) is 154 cm³/mol. The van der Waals surface area contributed by atoms with Crippen LogP contribution in [0, 0.1) is 11.8 Å². The summed E-state index contributed by atoms with van der Waals surface area (Å²) < 4.78 is 6.91. The van der Waals surface area contributed by atoms with E-state index in [4.69, 9.17) is 4.74 Å². The van der Waals surface area contributed by atoms with Crippen LogP contribution in [0.2, 0.25) is 0 Å². The summed E-state index contributed by atoms with van der Waals surface area (Å²) in [6, 6.07) is 8.95.